The first-order chi connectivity index (χ1) is 7.90. The fourth-order valence-electron chi connectivity index (χ4n) is 2.87. The smallest absolute Gasteiger partial charge is 0.410 e. The molecule has 94 valence electrons. The first kappa shape index (κ1) is 12.2. The number of amides is 1. The third-order valence-electron chi connectivity index (χ3n) is 3.50. The summed E-state index contributed by atoms with van der Waals surface area (Å²) in [6.07, 6.45) is 3.48. The summed E-state index contributed by atoms with van der Waals surface area (Å²) in [6, 6.07) is 0.552. The molecule has 2 bridgehead atoms. The number of piperidine rings is 1. The van der Waals surface area contributed by atoms with Gasteiger partial charge < -0.3 is 14.5 Å². The molecule has 17 heavy (non-hydrogen) atoms. The van der Waals surface area contributed by atoms with E-state index in [4.69, 9.17) is 11.3 Å². The summed E-state index contributed by atoms with van der Waals surface area (Å²) >= 11 is 0. The summed E-state index contributed by atoms with van der Waals surface area (Å²) in [4.78, 5) is 17.6. The molecule has 2 fully saturated rings. The van der Waals surface area contributed by atoms with Crippen molar-refractivity contribution in [3.8, 4) is 0 Å². The van der Waals surface area contributed by atoms with Gasteiger partial charge >= 0.3 is 6.09 Å². The van der Waals surface area contributed by atoms with E-state index in [1.165, 1.54) is 0 Å². The number of hydrogen-bond donors (Lipinski definition) is 0. The Morgan fingerprint density at radius 3 is 2.24 bits per heavy atom. The summed E-state index contributed by atoms with van der Waals surface area (Å²) in [5.41, 5.74) is -0.437. The van der Waals surface area contributed by atoms with E-state index in [9.17, 15) is 4.79 Å². The topological polar surface area (TPSA) is 33.9 Å². The van der Waals surface area contributed by atoms with E-state index in [2.05, 4.69) is 4.85 Å². The number of rotatable bonds is 0. The molecule has 2 aliphatic heterocycles. The second-order valence-electron chi connectivity index (χ2n) is 6.03. The number of fused-ring (bicyclic) bond motifs is 2. The molecule has 2 aliphatic rings. The molecule has 2 saturated heterocycles. The maximum atomic E-state index is 12.1. The molecule has 0 radical (unpaired) electrons. The summed E-state index contributed by atoms with van der Waals surface area (Å²) in [7, 11) is 0. The summed E-state index contributed by atoms with van der Waals surface area (Å²) in [5.74, 6) is 0. The predicted octanol–water partition coefficient (Wildman–Crippen LogP) is 2.84. The Kier molecular flexibility index (Phi) is 3.03. The molecule has 0 saturated carbocycles. The normalized spacial score (nSPS) is 32.1. The Morgan fingerprint density at radius 1 is 1.29 bits per heavy atom. The average molecular weight is 236 g/mol. The van der Waals surface area contributed by atoms with Crippen LogP contribution in [0.5, 0.6) is 0 Å². The quantitative estimate of drug-likeness (QED) is 0.606. The highest BCUT2D eigenvalue weighted by molar-refractivity contribution is 5.69. The zero-order valence-electron chi connectivity index (χ0n) is 10.8. The van der Waals surface area contributed by atoms with Crippen LogP contribution in [0.2, 0.25) is 0 Å². The third-order valence-corrected chi connectivity index (χ3v) is 3.50. The first-order valence-corrected chi connectivity index (χ1v) is 6.28. The molecule has 2 rings (SSSR count). The van der Waals surface area contributed by atoms with E-state index >= 15 is 0 Å². The fraction of sp³-hybridized carbons (Fsp3) is 0.846. The minimum absolute atomic E-state index is 0.103. The number of carbonyl (C=O) groups excluding carboxylic acids is 1. The van der Waals surface area contributed by atoms with E-state index < -0.39 is 5.60 Å². The van der Waals surface area contributed by atoms with E-state index in [0.29, 0.717) is 0 Å². The van der Waals surface area contributed by atoms with Crippen molar-refractivity contribution in [2.24, 2.45) is 0 Å². The van der Waals surface area contributed by atoms with Crippen LogP contribution in [0.25, 0.3) is 4.85 Å². The van der Waals surface area contributed by atoms with Gasteiger partial charge in [0.15, 0.2) is 0 Å². The highest BCUT2D eigenvalue weighted by Gasteiger charge is 2.46. The highest BCUT2D eigenvalue weighted by Crippen LogP contribution is 2.37. The SMILES string of the molecule is [C-]#[N+]C1CC2CCC(C1)N2C(=O)OC(C)(C)C. The van der Waals surface area contributed by atoms with Crippen LogP contribution in [-0.4, -0.2) is 34.7 Å². The van der Waals surface area contributed by atoms with Crippen molar-refractivity contribution in [2.45, 2.75) is 70.2 Å². The molecule has 4 nitrogen and oxygen atoms in total. The number of ether oxygens (including phenoxy) is 1. The van der Waals surface area contributed by atoms with Crippen molar-refractivity contribution < 1.29 is 9.53 Å². The lowest BCUT2D eigenvalue weighted by molar-refractivity contribution is 0.00731. The minimum Gasteiger partial charge on any atom is -0.444 e. The lowest BCUT2D eigenvalue weighted by Crippen LogP contribution is -2.49. The standard InChI is InChI=1S/C13H20N2O2/c1-13(2,3)17-12(16)15-10-5-6-11(15)8-9(7-10)14-4/h9-11H,5-8H2,1-3H3. The number of carbonyl (C=O) groups is 1. The maximum absolute atomic E-state index is 12.1. The molecule has 2 unspecified atom stereocenters. The van der Waals surface area contributed by atoms with E-state index in [-0.39, 0.29) is 24.2 Å². The molecule has 0 aromatic carbocycles. The van der Waals surface area contributed by atoms with Crippen molar-refractivity contribution in [1.29, 1.82) is 0 Å². The van der Waals surface area contributed by atoms with Crippen molar-refractivity contribution in [3.63, 3.8) is 0 Å². The number of hydrogen-bond acceptors (Lipinski definition) is 2. The first-order valence-electron chi connectivity index (χ1n) is 6.28. The lowest BCUT2D eigenvalue weighted by atomic mass is 9.98. The average Bonchev–Trinajstić information content (AvgIpc) is 2.47. The van der Waals surface area contributed by atoms with Gasteiger partial charge in [0.1, 0.15) is 5.60 Å². The van der Waals surface area contributed by atoms with Crippen LogP contribution < -0.4 is 0 Å². The molecule has 1 amide bonds. The van der Waals surface area contributed by atoms with Gasteiger partial charge in [-0.1, -0.05) is 0 Å². The van der Waals surface area contributed by atoms with Gasteiger partial charge in [-0.2, -0.15) is 0 Å². The van der Waals surface area contributed by atoms with Gasteiger partial charge in [0.25, 0.3) is 0 Å². The van der Waals surface area contributed by atoms with Crippen molar-refractivity contribution in [3.05, 3.63) is 11.4 Å². The van der Waals surface area contributed by atoms with Crippen LogP contribution in [0.15, 0.2) is 0 Å². The molecule has 0 spiro atoms. The molecule has 2 atom stereocenters. The zero-order chi connectivity index (χ0) is 12.6. The fourth-order valence-corrected chi connectivity index (χ4v) is 2.87. The third kappa shape index (κ3) is 2.54. The highest BCUT2D eigenvalue weighted by atomic mass is 16.6. The monoisotopic (exact) mass is 236 g/mol. The Bertz CT molecular complexity index is 339. The second-order valence-corrected chi connectivity index (χ2v) is 6.03. The Morgan fingerprint density at radius 2 is 1.82 bits per heavy atom. The maximum Gasteiger partial charge on any atom is 0.410 e. The van der Waals surface area contributed by atoms with E-state index in [1.54, 1.807) is 0 Å². The van der Waals surface area contributed by atoms with Gasteiger partial charge in [-0.3, -0.25) is 0 Å². The zero-order valence-corrected chi connectivity index (χ0v) is 10.8. The predicted molar refractivity (Wildman–Crippen MR) is 64.5 cm³/mol. The second kappa shape index (κ2) is 4.21. The van der Waals surface area contributed by atoms with Gasteiger partial charge in [-0.15, -0.1) is 0 Å². The molecule has 0 aromatic rings. The molecule has 0 aromatic heterocycles. The molecular weight excluding hydrogens is 216 g/mol. The van der Waals surface area contributed by atoms with Gasteiger partial charge in [0, 0.05) is 24.9 Å². The molecule has 4 heteroatoms. The lowest BCUT2D eigenvalue weighted by Gasteiger charge is -2.36. The van der Waals surface area contributed by atoms with E-state index in [0.717, 1.165) is 25.7 Å². The molecule has 0 aliphatic carbocycles. The summed E-state index contributed by atoms with van der Waals surface area (Å²) < 4.78 is 5.44. The van der Waals surface area contributed by atoms with Gasteiger partial charge in [-0.25, -0.2) is 11.4 Å². The molecule has 2 heterocycles. The van der Waals surface area contributed by atoms with Gasteiger partial charge in [0.2, 0.25) is 6.04 Å². The van der Waals surface area contributed by atoms with Crippen LogP contribution in [0, 0.1) is 6.57 Å². The van der Waals surface area contributed by atoms with Crippen LogP contribution in [-0.2, 0) is 4.74 Å². The largest absolute Gasteiger partial charge is 0.444 e. The minimum atomic E-state index is -0.437. The summed E-state index contributed by atoms with van der Waals surface area (Å²) in [6.45, 7) is 12.8. The van der Waals surface area contributed by atoms with Crippen LogP contribution >= 0.6 is 0 Å². The van der Waals surface area contributed by atoms with Gasteiger partial charge in [-0.05, 0) is 33.6 Å². The van der Waals surface area contributed by atoms with Crippen LogP contribution in [0.1, 0.15) is 46.5 Å². The molecule has 0 N–H and O–H groups in total. The Balaban J connectivity index is 2.04. The van der Waals surface area contributed by atoms with Crippen LogP contribution in [0.4, 0.5) is 4.79 Å². The Hall–Kier alpha value is -1.24. The number of nitrogens with zero attached hydrogens (tertiary/aromatic N) is 2. The van der Waals surface area contributed by atoms with Crippen molar-refractivity contribution in [1.82, 2.24) is 4.90 Å². The molecular formula is C13H20N2O2. The van der Waals surface area contributed by atoms with Crippen molar-refractivity contribution in [2.75, 3.05) is 0 Å². The van der Waals surface area contributed by atoms with Crippen molar-refractivity contribution >= 4 is 6.09 Å². The van der Waals surface area contributed by atoms with Gasteiger partial charge in [0.05, 0.1) is 0 Å². The van der Waals surface area contributed by atoms with E-state index in [1.807, 2.05) is 25.7 Å². The summed E-state index contributed by atoms with van der Waals surface area (Å²) in [5, 5.41) is 0. The Labute approximate surface area is 103 Å². The van der Waals surface area contributed by atoms with Crippen LogP contribution in [0.3, 0.4) is 0 Å².